The first-order valence-corrected chi connectivity index (χ1v) is 14.7. The summed E-state index contributed by atoms with van der Waals surface area (Å²) in [7, 11) is 2.98. The number of imidazole rings is 1. The molecule has 13 nitrogen and oxygen atoms in total. The summed E-state index contributed by atoms with van der Waals surface area (Å²) in [5.41, 5.74) is 7.87. The Bertz CT molecular complexity index is 1560. The summed E-state index contributed by atoms with van der Waals surface area (Å²) in [5, 5.41) is 20.4. The number of anilines is 4. The van der Waals surface area contributed by atoms with Crippen molar-refractivity contribution in [1.82, 2.24) is 29.4 Å². The van der Waals surface area contributed by atoms with Crippen molar-refractivity contribution in [1.29, 1.82) is 5.26 Å². The van der Waals surface area contributed by atoms with Crippen molar-refractivity contribution in [3.05, 3.63) is 53.7 Å². The Hall–Kier alpha value is -3.94. The Kier molecular flexibility index (Phi) is 8.29. The second-order valence-corrected chi connectivity index (χ2v) is 9.58. The molecule has 0 spiro atoms. The topological polar surface area (TPSA) is 181 Å². The molecule has 1 unspecified atom stereocenters. The molecule has 196 valence electrons. The number of ether oxygens (including phenoxy) is 1. The quantitative estimate of drug-likeness (QED) is 0.0517. The first-order valence-electron chi connectivity index (χ1n) is 10.6. The van der Waals surface area contributed by atoms with E-state index in [-0.39, 0.29) is 40.7 Å². The van der Waals surface area contributed by atoms with E-state index >= 15 is 0 Å². The standard InChI is InChI=1S/C21H20F2IN12OP/c1-35(27)34-19(26)11-4-3-5-12(17(11)37-2)30-13-6-14(31-15-9-28-8-10(7-25)29-15)32-20-16(13)33-21(18(22)23)36(20)38-24/h3-6,8-9,18,38H,27H2,1-2H3,(H2,26,34)(H2,29,30,31,32). The average molecular weight is 652 g/mol. The number of methoxy groups -OCH3 is 1. The molecular weight excluding hydrogens is 632 g/mol. The maximum atomic E-state index is 13.9. The number of hydrogen-bond acceptors (Lipinski definition) is 11. The van der Waals surface area contributed by atoms with Gasteiger partial charge in [0.2, 0.25) is 0 Å². The molecule has 0 aliphatic rings. The smallest absolute Gasteiger partial charge is 0.295 e. The Balaban J connectivity index is 1.88. The maximum Gasteiger partial charge on any atom is 0.295 e. The van der Waals surface area contributed by atoms with Crippen molar-refractivity contribution in [3.8, 4) is 11.8 Å². The van der Waals surface area contributed by atoms with Gasteiger partial charge in [-0.05, 0) is 34.2 Å². The molecule has 0 saturated heterocycles. The van der Waals surface area contributed by atoms with E-state index in [4.69, 9.17) is 21.6 Å². The van der Waals surface area contributed by atoms with Crippen molar-refractivity contribution in [2.45, 2.75) is 6.43 Å². The molecule has 0 fully saturated rings. The lowest BCUT2D eigenvalue weighted by molar-refractivity contribution is 0.140. The SMILES string of the molecule is COc1c(Nc2cc(Nc3cncc(C#N)n3)nc3c2nc(C(F)F)n3PI)cccc1/C(N)=N/N(C)N. The van der Waals surface area contributed by atoms with Crippen LogP contribution in [0.3, 0.4) is 0 Å². The van der Waals surface area contributed by atoms with Crippen molar-refractivity contribution < 1.29 is 13.5 Å². The number of fused-ring (bicyclic) bond motifs is 1. The van der Waals surface area contributed by atoms with Gasteiger partial charge in [0.15, 0.2) is 34.6 Å². The molecular formula is C21H20F2IN12OP. The summed E-state index contributed by atoms with van der Waals surface area (Å²) in [6.45, 7) is 0. The zero-order valence-electron chi connectivity index (χ0n) is 19.8. The molecule has 1 atom stereocenters. The van der Waals surface area contributed by atoms with Gasteiger partial charge in [0.05, 0.1) is 42.8 Å². The highest BCUT2D eigenvalue weighted by Crippen LogP contribution is 2.40. The highest BCUT2D eigenvalue weighted by atomic mass is 127. The number of amidine groups is 1. The van der Waals surface area contributed by atoms with Gasteiger partial charge in [-0.1, -0.05) is 6.07 Å². The fourth-order valence-corrected chi connectivity index (χ4v) is 5.39. The van der Waals surface area contributed by atoms with Gasteiger partial charge >= 0.3 is 0 Å². The number of hydrogen-bond donors (Lipinski definition) is 4. The third-order valence-corrected chi connectivity index (χ3v) is 7.01. The van der Waals surface area contributed by atoms with Crippen LogP contribution in [0.4, 0.5) is 31.8 Å². The minimum atomic E-state index is -2.82. The van der Waals surface area contributed by atoms with Gasteiger partial charge in [-0.3, -0.25) is 9.32 Å². The Morgan fingerprint density at radius 2 is 2.03 bits per heavy atom. The fraction of sp³-hybridized carbons (Fsp3) is 0.143. The lowest BCUT2D eigenvalue weighted by Crippen LogP contribution is -2.26. The molecule has 0 bridgehead atoms. The van der Waals surface area contributed by atoms with Crippen molar-refractivity contribution in [2.24, 2.45) is 16.7 Å². The van der Waals surface area contributed by atoms with Crippen molar-refractivity contribution >= 4 is 68.4 Å². The summed E-state index contributed by atoms with van der Waals surface area (Å²) >= 11 is 1.99. The number of para-hydroxylation sites is 1. The van der Waals surface area contributed by atoms with Crippen LogP contribution in [0.2, 0.25) is 0 Å². The van der Waals surface area contributed by atoms with Gasteiger partial charge in [-0.15, -0.1) is 5.10 Å². The number of rotatable bonds is 9. The molecule has 38 heavy (non-hydrogen) atoms. The fourth-order valence-electron chi connectivity index (χ4n) is 3.49. The van der Waals surface area contributed by atoms with Crippen LogP contribution in [0.1, 0.15) is 23.5 Å². The van der Waals surface area contributed by atoms with Gasteiger partial charge in [-0.25, -0.2) is 34.7 Å². The molecule has 3 aromatic heterocycles. The highest BCUT2D eigenvalue weighted by molar-refractivity contribution is 14.2. The first kappa shape index (κ1) is 27.1. The predicted octanol–water partition coefficient (Wildman–Crippen LogP) is 3.74. The number of aromatic nitrogens is 5. The van der Waals surface area contributed by atoms with E-state index in [9.17, 15) is 8.78 Å². The molecule has 0 aliphatic carbocycles. The van der Waals surface area contributed by atoms with E-state index in [1.54, 1.807) is 24.3 Å². The molecule has 0 aliphatic heterocycles. The largest absolute Gasteiger partial charge is 0.494 e. The van der Waals surface area contributed by atoms with Crippen LogP contribution in [-0.4, -0.2) is 49.4 Å². The third kappa shape index (κ3) is 5.64. The summed E-state index contributed by atoms with van der Waals surface area (Å²) < 4.78 is 34.6. The van der Waals surface area contributed by atoms with Gasteiger partial charge < -0.3 is 21.1 Å². The normalized spacial score (nSPS) is 11.8. The van der Waals surface area contributed by atoms with Gasteiger partial charge in [0.25, 0.3) is 6.43 Å². The van der Waals surface area contributed by atoms with E-state index in [1.807, 2.05) is 28.1 Å². The minimum Gasteiger partial charge on any atom is -0.494 e. The van der Waals surface area contributed by atoms with Crippen LogP contribution in [0, 0.1) is 11.3 Å². The second-order valence-electron chi connectivity index (χ2n) is 7.51. The number of nitrogens with two attached hydrogens (primary N) is 2. The van der Waals surface area contributed by atoms with Gasteiger partial charge in [0.1, 0.15) is 17.4 Å². The number of hydrazone groups is 1. The zero-order valence-corrected chi connectivity index (χ0v) is 23.0. The summed E-state index contributed by atoms with van der Waals surface area (Å²) in [5.74, 6) is 6.11. The number of nitrogens with zero attached hydrogens (tertiary/aromatic N) is 8. The van der Waals surface area contributed by atoms with E-state index in [1.165, 1.54) is 30.9 Å². The number of nitriles is 1. The van der Waals surface area contributed by atoms with Crippen LogP contribution in [-0.2, 0) is 0 Å². The van der Waals surface area contributed by atoms with Crippen LogP contribution in [0.5, 0.6) is 5.75 Å². The number of nitrogens with one attached hydrogen (secondary N) is 2. The predicted molar refractivity (Wildman–Crippen MR) is 149 cm³/mol. The number of halogens is 3. The molecule has 6 N–H and O–H groups in total. The molecule has 3 heterocycles. The number of alkyl halides is 2. The van der Waals surface area contributed by atoms with Crippen molar-refractivity contribution in [2.75, 3.05) is 24.8 Å². The summed E-state index contributed by atoms with van der Waals surface area (Å²) in [6, 6.07) is 8.62. The molecule has 0 radical (unpaired) electrons. The number of pyridine rings is 1. The van der Waals surface area contributed by atoms with E-state index in [0.29, 0.717) is 22.7 Å². The highest BCUT2D eigenvalue weighted by Gasteiger charge is 2.23. The molecule has 1 aromatic carbocycles. The third-order valence-electron chi connectivity index (χ3n) is 4.96. The van der Waals surface area contributed by atoms with E-state index in [2.05, 4.69) is 35.7 Å². The summed E-state index contributed by atoms with van der Waals surface area (Å²) in [6.07, 6.45) is -0.206. The van der Waals surface area contributed by atoms with E-state index in [0.717, 1.165) is 5.12 Å². The van der Waals surface area contributed by atoms with Crippen LogP contribution in [0.25, 0.3) is 11.2 Å². The molecule has 17 heteroatoms. The second kappa shape index (κ2) is 11.6. The summed E-state index contributed by atoms with van der Waals surface area (Å²) in [4.78, 5) is 16.8. The van der Waals surface area contributed by atoms with Crippen LogP contribution in [0.15, 0.2) is 41.8 Å². The monoisotopic (exact) mass is 652 g/mol. The molecule has 0 saturated carbocycles. The van der Waals surface area contributed by atoms with Gasteiger partial charge in [0, 0.05) is 13.1 Å². The lowest BCUT2D eigenvalue weighted by atomic mass is 10.1. The van der Waals surface area contributed by atoms with Crippen molar-refractivity contribution in [3.63, 3.8) is 0 Å². The van der Waals surface area contributed by atoms with Gasteiger partial charge in [-0.2, -0.15) is 5.26 Å². The minimum absolute atomic E-state index is 0.0946. The number of hydrazine groups is 1. The first-order chi connectivity index (χ1) is 18.2. The Morgan fingerprint density at radius 3 is 2.68 bits per heavy atom. The van der Waals surface area contributed by atoms with Crippen LogP contribution < -0.4 is 26.9 Å². The lowest BCUT2D eigenvalue weighted by Gasteiger charge is -2.16. The maximum absolute atomic E-state index is 13.9. The Morgan fingerprint density at radius 1 is 1.24 bits per heavy atom. The Labute approximate surface area is 229 Å². The van der Waals surface area contributed by atoms with Crippen LogP contribution >= 0.6 is 28.4 Å². The molecule has 4 rings (SSSR count). The zero-order chi connectivity index (χ0) is 27.4. The average Bonchev–Trinajstić information content (AvgIpc) is 3.27. The number of benzene rings is 1. The molecule has 4 aromatic rings. The van der Waals surface area contributed by atoms with E-state index < -0.39 is 12.2 Å². The molecule has 0 amide bonds.